The fourth-order valence-corrected chi connectivity index (χ4v) is 1.94. The van der Waals surface area contributed by atoms with Crippen LogP contribution in [-0.2, 0) is 19.0 Å². The quantitative estimate of drug-likeness (QED) is 0.428. The Hall–Kier alpha value is -0.760. The summed E-state index contributed by atoms with van der Waals surface area (Å²) in [4.78, 5) is 11.5. The predicted molar refractivity (Wildman–Crippen MR) is 102 cm³/mol. The van der Waals surface area contributed by atoms with E-state index in [1.165, 1.54) is 0 Å². The van der Waals surface area contributed by atoms with Gasteiger partial charge >= 0.3 is 0 Å². The molecule has 2 unspecified atom stereocenters. The molecule has 2 atom stereocenters. The molecule has 0 radical (unpaired) electrons. The van der Waals surface area contributed by atoms with Gasteiger partial charge in [0.05, 0.1) is 44.7 Å². The average molecular weight is 379 g/mol. The topological polar surface area (TPSA) is 68.8 Å². The second-order valence-corrected chi connectivity index (χ2v) is 7.68. The minimum atomic E-state index is -1.30. The maximum absolute atomic E-state index is 14.3. The Morgan fingerprint density at radius 2 is 1.73 bits per heavy atom. The van der Waals surface area contributed by atoms with Gasteiger partial charge in [0, 0.05) is 18.5 Å². The molecule has 0 spiro atoms. The van der Waals surface area contributed by atoms with Crippen LogP contribution in [0.1, 0.15) is 48.5 Å². The molecule has 156 valence electrons. The molecular weight excluding hydrogens is 339 g/mol. The van der Waals surface area contributed by atoms with Crippen LogP contribution >= 0.6 is 0 Å². The van der Waals surface area contributed by atoms with E-state index < -0.39 is 11.8 Å². The summed E-state index contributed by atoms with van der Waals surface area (Å²) in [6.45, 7) is 15.6. The minimum Gasteiger partial charge on any atom is -0.378 e. The summed E-state index contributed by atoms with van der Waals surface area (Å²) in [7, 11) is 0. The van der Waals surface area contributed by atoms with Crippen molar-refractivity contribution in [3.63, 3.8) is 0 Å². The van der Waals surface area contributed by atoms with Gasteiger partial charge in [0.25, 0.3) is 0 Å². The predicted octanol–water partition coefficient (Wildman–Crippen LogP) is 2.31. The molecule has 0 fully saturated rings. The number of amides is 1. The smallest absolute Gasteiger partial charge is 0.222 e. The molecule has 0 saturated carbocycles. The second-order valence-electron chi connectivity index (χ2n) is 7.68. The van der Waals surface area contributed by atoms with Crippen LogP contribution in [-0.4, -0.2) is 69.3 Å². The lowest BCUT2D eigenvalue weighted by atomic mass is 10.0. The molecule has 1 amide bonds. The molecule has 0 aliphatic carbocycles. The van der Waals surface area contributed by atoms with E-state index in [0.717, 1.165) is 6.54 Å². The number of carbonyl (C=O) groups is 1. The van der Waals surface area contributed by atoms with Crippen molar-refractivity contribution in [2.75, 3.05) is 39.5 Å². The Morgan fingerprint density at radius 3 is 2.31 bits per heavy atom. The van der Waals surface area contributed by atoms with Crippen molar-refractivity contribution in [2.24, 2.45) is 5.92 Å². The molecular formula is C19H39FN2O4. The lowest BCUT2D eigenvalue weighted by molar-refractivity contribution is -0.127. The van der Waals surface area contributed by atoms with Gasteiger partial charge in [0.2, 0.25) is 5.91 Å². The van der Waals surface area contributed by atoms with Crippen LogP contribution in [0.15, 0.2) is 0 Å². The van der Waals surface area contributed by atoms with Gasteiger partial charge in [-0.2, -0.15) is 0 Å². The SMILES string of the molecule is CC(C)NCCOCCOC(C)COC(C)(C)C(F)CNC(=O)C(C)C. The fourth-order valence-electron chi connectivity index (χ4n) is 1.94. The maximum atomic E-state index is 14.3. The van der Waals surface area contributed by atoms with E-state index in [9.17, 15) is 9.18 Å². The number of alkyl halides is 1. The van der Waals surface area contributed by atoms with Crippen LogP contribution < -0.4 is 10.6 Å². The van der Waals surface area contributed by atoms with Gasteiger partial charge in [0.15, 0.2) is 0 Å². The Kier molecular flexibility index (Phi) is 13.0. The number of carbonyl (C=O) groups excluding carboxylic acids is 1. The van der Waals surface area contributed by atoms with E-state index >= 15 is 0 Å². The molecule has 0 rings (SSSR count). The van der Waals surface area contributed by atoms with E-state index in [-0.39, 0.29) is 31.1 Å². The number of hydrogen-bond donors (Lipinski definition) is 2. The minimum absolute atomic E-state index is 0.0580. The first-order valence-corrected chi connectivity index (χ1v) is 9.54. The Balaban J connectivity index is 3.87. The zero-order valence-corrected chi connectivity index (χ0v) is 17.6. The molecule has 0 aromatic rings. The van der Waals surface area contributed by atoms with E-state index in [2.05, 4.69) is 24.5 Å². The first-order chi connectivity index (χ1) is 12.1. The van der Waals surface area contributed by atoms with Crippen LogP contribution in [0.25, 0.3) is 0 Å². The van der Waals surface area contributed by atoms with E-state index in [1.807, 2.05) is 6.92 Å². The molecule has 0 heterocycles. The van der Waals surface area contributed by atoms with Crippen molar-refractivity contribution in [1.29, 1.82) is 0 Å². The van der Waals surface area contributed by atoms with Crippen molar-refractivity contribution < 1.29 is 23.4 Å². The molecule has 0 aliphatic heterocycles. The fraction of sp³-hybridized carbons (Fsp3) is 0.947. The number of ether oxygens (including phenoxy) is 3. The number of nitrogens with one attached hydrogen (secondary N) is 2. The molecule has 2 N–H and O–H groups in total. The second kappa shape index (κ2) is 13.4. The lowest BCUT2D eigenvalue weighted by Crippen LogP contribution is -2.45. The largest absolute Gasteiger partial charge is 0.378 e. The highest BCUT2D eigenvalue weighted by Crippen LogP contribution is 2.18. The van der Waals surface area contributed by atoms with E-state index in [1.54, 1.807) is 27.7 Å². The third-order valence-electron chi connectivity index (χ3n) is 3.85. The molecule has 0 aromatic carbocycles. The summed E-state index contributed by atoms with van der Waals surface area (Å²) in [5.74, 6) is -0.327. The molecule has 0 bridgehead atoms. The first kappa shape index (κ1) is 25.2. The third kappa shape index (κ3) is 12.6. The van der Waals surface area contributed by atoms with Crippen LogP contribution in [0.3, 0.4) is 0 Å². The molecule has 0 aromatic heterocycles. The highest BCUT2D eigenvalue weighted by Gasteiger charge is 2.31. The van der Waals surface area contributed by atoms with Gasteiger partial charge < -0.3 is 24.8 Å². The van der Waals surface area contributed by atoms with Gasteiger partial charge in [-0.3, -0.25) is 4.79 Å². The van der Waals surface area contributed by atoms with E-state index in [4.69, 9.17) is 14.2 Å². The summed E-state index contributed by atoms with van der Waals surface area (Å²) in [5.41, 5.74) is -0.999. The van der Waals surface area contributed by atoms with Gasteiger partial charge in [-0.15, -0.1) is 0 Å². The highest BCUT2D eigenvalue weighted by atomic mass is 19.1. The van der Waals surface area contributed by atoms with Gasteiger partial charge in [-0.05, 0) is 20.8 Å². The van der Waals surface area contributed by atoms with Crippen LogP contribution in [0.2, 0.25) is 0 Å². The van der Waals surface area contributed by atoms with Crippen LogP contribution in [0, 0.1) is 5.92 Å². The molecule has 0 aliphatic rings. The zero-order chi connectivity index (χ0) is 20.2. The van der Waals surface area contributed by atoms with Crippen molar-refractivity contribution in [1.82, 2.24) is 10.6 Å². The van der Waals surface area contributed by atoms with Crippen molar-refractivity contribution in [2.45, 2.75) is 72.4 Å². The first-order valence-electron chi connectivity index (χ1n) is 9.54. The number of hydrogen-bond acceptors (Lipinski definition) is 5. The summed E-state index contributed by atoms with van der Waals surface area (Å²) in [6.07, 6.45) is -1.46. The standard InChI is InChI=1S/C19H39FN2O4/c1-14(2)18(23)22-12-17(20)19(6,7)26-13-16(5)25-11-10-24-9-8-21-15(3)4/h14-17,21H,8-13H2,1-7H3,(H,22,23). The van der Waals surface area contributed by atoms with Gasteiger partial charge in [0.1, 0.15) is 6.17 Å². The van der Waals surface area contributed by atoms with E-state index in [0.29, 0.717) is 25.9 Å². The number of rotatable bonds is 15. The zero-order valence-electron chi connectivity index (χ0n) is 17.6. The van der Waals surface area contributed by atoms with Crippen molar-refractivity contribution in [3.8, 4) is 0 Å². The maximum Gasteiger partial charge on any atom is 0.222 e. The van der Waals surface area contributed by atoms with Crippen LogP contribution in [0.5, 0.6) is 0 Å². The lowest BCUT2D eigenvalue weighted by Gasteiger charge is -2.30. The summed E-state index contributed by atoms with van der Waals surface area (Å²) < 4.78 is 31.1. The molecule has 26 heavy (non-hydrogen) atoms. The Labute approximate surface area is 158 Å². The van der Waals surface area contributed by atoms with Crippen LogP contribution in [0.4, 0.5) is 4.39 Å². The number of halogens is 1. The monoisotopic (exact) mass is 378 g/mol. The van der Waals surface area contributed by atoms with Gasteiger partial charge in [-0.1, -0.05) is 27.7 Å². The van der Waals surface area contributed by atoms with Crippen molar-refractivity contribution in [3.05, 3.63) is 0 Å². The van der Waals surface area contributed by atoms with Crippen molar-refractivity contribution >= 4 is 5.91 Å². The highest BCUT2D eigenvalue weighted by molar-refractivity contribution is 5.77. The summed E-state index contributed by atoms with van der Waals surface area (Å²) >= 11 is 0. The Bertz CT molecular complexity index is 379. The molecule has 6 nitrogen and oxygen atoms in total. The van der Waals surface area contributed by atoms with Gasteiger partial charge in [-0.25, -0.2) is 4.39 Å². The Morgan fingerprint density at radius 1 is 1.08 bits per heavy atom. The normalized spacial score (nSPS) is 14.7. The third-order valence-corrected chi connectivity index (χ3v) is 3.85. The average Bonchev–Trinajstić information content (AvgIpc) is 2.56. The summed E-state index contributed by atoms with van der Waals surface area (Å²) in [5, 5.41) is 5.86. The molecule has 7 heteroatoms. The molecule has 0 saturated heterocycles. The summed E-state index contributed by atoms with van der Waals surface area (Å²) in [6, 6.07) is 0.452.